The summed E-state index contributed by atoms with van der Waals surface area (Å²) in [4.78, 5) is 38.7. The van der Waals surface area contributed by atoms with Crippen molar-refractivity contribution in [1.29, 1.82) is 0 Å². The molecule has 0 aromatic carbocycles. The van der Waals surface area contributed by atoms with Crippen molar-refractivity contribution in [3.8, 4) is 0 Å². The number of nitrogens with one attached hydrogen (secondary N) is 1. The normalized spacial score (nSPS) is 31.3. The van der Waals surface area contributed by atoms with E-state index in [1.165, 1.54) is 10.5 Å². The Hall–Kier alpha value is -2.11. The maximum Gasteiger partial charge on any atom is 0.407 e. The number of amides is 3. The Morgan fingerprint density at radius 2 is 1.73 bits per heavy atom. The first-order valence-corrected chi connectivity index (χ1v) is 9.32. The van der Waals surface area contributed by atoms with Gasteiger partial charge in [0.15, 0.2) is 0 Å². The topological polar surface area (TPSA) is 75.7 Å². The van der Waals surface area contributed by atoms with Gasteiger partial charge in [-0.25, -0.2) is 4.79 Å². The van der Waals surface area contributed by atoms with E-state index in [0.717, 1.165) is 0 Å². The van der Waals surface area contributed by atoms with E-state index in [9.17, 15) is 14.4 Å². The largest absolute Gasteiger partial charge is 0.444 e. The maximum atomic E-state index is 12.8. The van der Waals surface area contributed by atoms with Crippen molar-refractivity contribution in [2.45, 2.75) is 40.2 Å². The number of carbonyl (C=O) groups is 3. The molecule has 1 saturated heterocycles. The highest BCUT2D eigenvalue weighted by Gasteiger charge is 2.61. The summed E-state index contributed by atoms with van der Waals surface area (Å²) in [5, 5.41) is 2.61. The molecule has 2 aliphatic carbocycles. The summed E-state index contributed by atoms with van der Waals surface area (Å²) in [5.41, 5.74) is 0.646. The third-order valence-corrected chi connectivity index (χ3v) is 5.09. The molecule has 1 heterocycles. The molecule has 6 nitrogen and oxygen atoms in total. The molecule has 0 spiro atoms. The Balaban J connectivity index is 1.62. The quantitative estimate of drug-likeness (QED) is 0.617. The number of carbonyl (C=O) groups excluding carboxylic acids is 3. The molecule has 1 N–H and O–H groups in total. The van der Waals surface area contributed by atoms with Crippen LogP contribution in [0.5, 0.6) is 0 Å². The summed E-state index contributed by atoms with van der Waals surface area (Å²) < 4.78 is 5.17. The molecule has 1 saturated carbocycles. The van der Waals surface area contributed by atoms with Crippen LogP contribution in [-0.4, -0.2) is 41.5 Å². The van der Waals surface area contributed by atoms with Crippen LogP contribution in [-0.2, 0) is 14.3 Å². The lowest BCUT2D eigenvalue weighted by molar-refractivity contribution is -0.140. The van der Waals surface area contributed by atoms with Crippen LogP contribution in [0, 0.1) is 29.6 Å². The van der Waals surface area contributed by atoms with Crippen molar-refractivity contribution < 1.29 is 19.1 Å². The van der Waals surface area contributed by atoms with Gasteiger partial charge in [0, 0.05) is 24.9 Å². The van der Waals surface area contributed by atoms with E-state index >= 15 is 0 Å². The molecule has 6 heteroatoms. The Bertz CT molecular complexity index is 652. The lowest BCUT2D eigenvalue weighted by atomic mass is 9.85. The molecule has 3 aliphatic rings. The lowest BCUT2D eigenvalue weighted by Crippen LogP contribution is -2.41. The molecular formula is C20H28N2O4. The number of allylic oxidation sites excluding steroid dienone is 4. The van der Waals surface area contributed by atoms with E-state index in [0.29, 0.717) is 5.92 Å². The number of hydrogen-bond acceptors (Lipinski definition) is 4. The fourth-order valence-corrected chi connectivity index (χ4v) is 4.28. The zero-order valence-electron chi connectivity index (χ0n) is 16.1. The van der Waals surface area contributed by atoms with Gasteiger partial charge >= 0.3 is 6.09 Å². The number of ether oxygens (including phenoxy) is 1. The molecule has 4 atom stereocenters. The van der Waals surface area contributed by atoms with Crippen molar-refractivity contribution in [3.63, 3.8) is 0 Å². The number of rotatable bonds is 4. The highest BCUT2D eigenvalue weighted by molar-refractivity contribution is 6.07. The third kappa shape index (κ3) is 3.29. The molecule has 26 heavy (non-hydrogen) atoms. The van der Waals surface area contributed by atoms with Crippen LogP contribution in [0.3, 0.4) is 0 Å². The van der Waals surface area contributed by atoms with Gasteiger partial charge in [-0.15, -0.1) is 0 Å². The van der Waals surface area contributed by atoms with Gasteiger partial charge in [0.2, 0.25) is 11.8 Å². The second-order valence-electron chi connectivity index (χ2n) is 8.66. The van der Waals surface area contributed by atoms with Gasteiger partial charge in [-0.05, 0) is 26.7 Å². The molecule has 2 bridgehead atoms. The minimum atomic E-state index is -0.579. The minimum absolute atomic E-state index is 0.0488. The van der Waals surface area contributed by atoms with E-state index in [1.807, 2.05) is 0 Å². The number of nitrogens with zero attached hydrogens (tertiary/aromatic N) is 1. The number of likely N-dealkylation sites (tertiary alicyclic amines) is 1. The average Bonchev–Trinajstić information content (AvgIpc) is 3.10. The molecule has 0 radical (unpaired) electrons. The van der Waals surface area contributed by atoms with Gasteiger partial charge in [0.25, 0.3) is 0 Å². The fourth-order valence-electron chi connectivity index (χ4n) is 4.28. The first-order chi connectivity index (χ1) is 12.1. The van der Waals surface area contributed by atoms with Crippen LogP contribution in [0.15, 0.2) is 23.8 Å². The van der Waals surface area contributed by atoms with Crippen LogP contribution < -0.4 is 5.32 Å². The molecule has 2 fully saturated rings. The van der Waals surface area contributed by atoms with E-state index in [4.69, 9.17) is 4.74 Å². The number of fused-ring (bicyclic) bond motifs is 5. The zero-order valence-corrected chi connectivity index (χ0v) is 16.1. The first-order valence-electron chi connectivity index (χ1n) is 9.32. The fraction of sp³-hybridized carbons (Fsp3) is 0.650. The van der Waals surface area contributed by atoms with Crippen LogP contribution in [0.1, 0.15) is 34.6 Å². The standard InChI is InChI=1S/C20H28N2O4/c1-11(2)10-14-12-6-7-13(14)16-15(12)17(23)22(18(16)24)9-8-21-19(25)26-20(3,4)5/h6-7,10-13,15-16H,8-9H2,1-5H3,(H,21,25)/t12?,13?,15-,16+. The molecule has 3 rings (SSSR count). The van der Waals surface area contributed by atoms with Crippen molar-refractivity contribution in [3.05, 3.63) is 23.8 Å². The van der Waals surface area contributed by atoms with E-state index in [1.54, 1.807) is 20.8 Å². The van der Waals surface area contributed by atoms with E-state index < -0.39 is 11.7 Å². The monoisotopic (exact) mass is 360 g/mol. The number of alkyl carbamates (subject to hydrolysis) is 1. The number of imide groups is 1. The summed E-state index contributed by atoms with van der Waals surface area (Å²) in [6.45, 7) is 9.96. The summed E-state index contributed by atoms with van der Waals surface area (Å²) in [6, 6.07) is 0. The highest BCUT2D eigenvalue weighted by Crippen LogP contribution is 2.55. The Morgan fingerprint density at radius 1 is 1.19 bits per heavy atom. The van der Waals surface area contributed by atoms with Gasteiger partial charge < -0.3 is 10.1 Å². The van der Waals surface area contributed by atoms with Crippen molar-refractivity contribution in [2.24, 2.45) is 29.6 Å². The predicted molar refractivity (Wildman–Crippen MR) is 97.0 cm³/mol. The van der Waals surface area contributed by atoms with E-state index in [-0.39, 0.29) is 48.6 Å². The molecule has 1 aliphatic heterocycles. The van der Waals surface area contributed by atoms with Crippen LogP contribution in [0.25, 0.3) is 0 Å². The Kier molecular flexibility index (Phi) is 4.71. The predicted octanol–water partition coefficient (Wildman–Crippen LogP) is 2.51. The summed E-state index contributed by atoms with van der Waals surface area (Å²) in [7, 11) is 0. The maximum absolute atomic E-state index is 12.8. The lowest BCUT2D eigenvalue weighted by Gasteiger charge is -2.21. The van der Waals surface area contributed by atoms with Gasteiger partial charge in [-0.1, -0.05) is 37.6 Å². The Morgan fingerprint density at radius 3 is 2.19 bits per heavy atom. The SMILES string of the molecule is CC(C)C=C1C2C=CC1[C@@H]1C(=O)N(CCNC(=O)OC(C)(C)C)C(=O)[C@H]21. The first kappa shape index (κ1) is 18.7. The van der Waals surface area contributed by atoms with Gasteiger partial charge in [0.1, 0.15) is 5.60 Å². The van der Waals surface area contributed by atoms with Crippen LogP contribution in [0.4, 0.5) is 4.79 Å². The molecule has 142 valence electrons. The Labute approximate surface area is 154 Å². The summed E-state index contributed by atoms with van der Waals surface area (Å²) in [5.74, 6) is -0.281. The average molecular weight is 360 g/mol. The highest BCUT2D eigenvalue weighted by atomic mass is 16.6. The second-order valence-corrected chi connectivity index (χ2v) is 8.66. The second kappa shape index (κ2) is 6.56. The van der Waals surface area contributed by atoms with Gasteiger partial charge in [-0.2, -0.15) is 0 Å². The van der Waals surface area contributed by atoms with Crippen LogP contribution >= 0.6 is 0 Å². The van der Waals surface area contributed by atoms with Gasteiger partial charge in [0.05, 0.1) is 11.8 Å². The zero-order chi connectivity index (χ0) is 19.2. The molecular weight excluding hydrogens is 332 g/mol. The summed E-state index contributed by atoms with van der Waals surface area (Å²) in [6.07, 6.45) is 5.81. The molecule has 0 aromatic heterocycles. The smallest absolute Gasteiger partial charge is 0.407 e. The minimum Gasteiger partial charge on any atom is -0.444 e. The van der Waals surface area contributed by atoms with E-state index in [2.05, 4.69) is 37.4 Å². The van der Waals surface area contributed by atoms with Crippen molar-refractivity contribution >= 4 is 17.9 Å². The number of hydrogen-bond donors (Lipinski definition) is 1. The van der Waals surface area contributed by atoms with Crippen LogP contribution in [0.2, 0.25) is 0 Å². The van der Waals surface area contributed by atoms with Gasteiger partial charge in [-0.3, -0.25) is 14.5 Å². The van der Waals surface area contributed by atoms with Crippen molar-refractivity contribution in [1.82, 2.24) is 10.2 Å². The molecule has 2 unspecified atom stereocenters. The molecule has 3 amide bonds. The third-order valence-electron chi connectivity index (χ3n) is 5.09. The molecule has 0 aromatic rings. The van der Waals surface area contributed by atoms with Crippen molar-refractivity contribution in [2.75, 3.05) is 13.1 Å². The summed E-state index contributed by atoms with van der Waals surface area (Å²) >= 11 is 0.